The lowest BCUT2D eigenvalue weighted by Crippen LogP contribution is -2.40. The van der Waals surface area contributed by atoms with Crippen molar-refractivity contribution in [2.75, 3.05) is 13.2 Å². The van der Waals surface area contributed by atoms with Crippen LogP contribution >= 0.6 is 0 Å². The van der Waals surface area contributed by atoms with Crippen LogP contribution in [0.25, 0.3) is 0 Å². The van der Waals surface area contributed by atoms with Gasteiger partial charge in [0, 0.05) is 12.7 Å². The number of carbonyl (C=O) groups excluding carboxylic acids is 1. The van der Waals surface area contributed by atoms with Crippen LogP contribution in [0.4, 0.5) is 8.78 Å². The summed E-state index contributed by atoms with van der Waals surface area (Å²) in [6.45, 7) is 2.18. The van der Waals surface area contributed by atoms with E-state index in [0.29, 0.717) is 12.7 Å². The highest BCUT2D eigenvalue weighted by molar-refractivity contribution is 7.90. The van der Waals surface area contributed by atoms with E-state index in [1.807, 2.05) is 0 Å². The van der Waals surface area contributed by atoms with E-state index in [-0.39, 0.29) is 12.7 Å². The highest BCUT2D eigenvalue weighted by Crippen LogP contribution is 2.16. The van der Waals surface area contributed by atoms with E-state index in [1.54, 1.807) is 4.72 Å². The smallest absolute Gasteiger partial charge is 0.267 e. The predicted molar refractivity (Wildman–Crippen MR) is 80.7 cm³/mol. The number of amides is 1. The maximum atomic E-state index is 13.6. The number of hydrogen-bond acceptors (Lipinski definition) is 5. The van der Waals surface area contributed by atoms with Gasteiger partial charge in [0.15, 0.2) is 0 Å². The van der Waals surface area contributed by atoms with Gasteiger partial charge in [0.25, 0.3) is 15.9 Å². The van der Waals surface area contributed by atoms with E-state index >= 15 is 0 Å². The van der Waals surface area contributed by atoms with Crippen LogP contribution in [0.1, 0.15) is 26.2 Å². The van der Waals surface area contributed by atoms with Crippen molar-refractivity contribution < 1.29 is 31.5 Å². The summed E-state index contributed by atoms with van der Waals surface area (Å²) in [5.74, 6) is -3.13. The quantitative estimate of drug-likeness (QED) is 0.833. The molecule has 0 aliphatic carbocycles. The van der Waals surface area contributed by atoms with Gasteiger partial charge in [-0.1, -0.05) is 0 Å². The first kappa shape index (κ1) is 18.8. The largest absolute Gasteiger partial charge is 0.376 e. The van der Waals surface area contributed by atoms with Gasteiger partial charge >= 0.3 is 0 Å². The molecule has 0 bridgehead atoms. The standard InChI is InChI=1S/C15H19F2NO5S/c1-10(23-9-12-4-2-3-7-22-12)15(19)18-24(20,21)14-6-5-11(16)8-13(14)17/h5-6,8,10,12H,2-4,7,9H2,1H3,(H,18,19)/t10-,12-/m0/s1. The zero-order valence-electron chi connectivity index (χ0n) is 13.1. The summed E-state index contributed by atoms with van der Waals surface area (Å²) < 4.78 is 62.9. The zero-order chi connectivity index (χ0) is 17.7. The van der Waals surface area contributed by atoms with Crippen LogP contribution < -0.4 is 4.72 Å². The van der Waals surface area contributed by atoms with E-state index in [4.69, 9.17) is 9.47 Å². The van der Waals surface area contributed by atoms with Gasteiger partial charge in [-0.05, 0) is 38.3 Å². The molecule has 0 saturated carbocycles. The van der Waals surface area contributed by atoms with Crippen molar-refractivity contribution in [1.29, 1.82) is 0 Å². The molecule has 0 spiro atoms. The molecule has 134 valence electrons. The third-order valence-corrected chi connectivity index (χ3v) is 4.97. The Bertz CT molecular complexity index is 689. The molecule has 24 heavy (non-hydrogen) atoms. The van der Waals surface area contributed by atoms with Crippen LogP contribution in [0.3, 0.4) is 0 Å². The van der Waals surface area contributed by atoms with Crippen LogP contribution in [0.2, 0.25) is 0 Å². The van der Waals surface area contributed by atoms with Crippen LogP contribution in [0.5, 0.6) is 0 Å². The lowest BCUT2D eigenvalue weighted by Gasteiger charge is -2.23. The minimum Gasteiger partial charge on any atom is -0.376 e. The van der Waals surface area contributed by atoms with E-state index in [1.165, 1.54) is 6.92 Å². The molecule has 0 aromatic heterocycles. The van der Waals surface area contributed by atoms with Crippen molar-refractivity contribution >= 4 is 15.9 Å². The summed E-state index contributed by atoms with van der Waals surface area (Å²) in [4.78, 5) is 11.1. The Kier molecular flexibility index (Phi) is 6.25. The van der Waals surface area contributed by atoms with Gasteiger partial charge < -0.3 is 9.47 Å². The van der Waals surface area contributed by atoms with E-state index in [2.05, 4.69) is 0 Å². The molecule has 6 nitrogen and oxygen atoms in total. The number of sulfonamides is 1. The summed E-state index contributed by atoms with van der Waals surface area (Å²) >= 11 is 0. The Morgan fingerprint density at radius 2 is 2.17 bits per heavy atom. The SMILES string of the molecule is C[C@H](OC[C@@H]1CCCCO1)C(=O)NS(=O)(=O)c1ccc(F)cc1F. The van der Waals surface area contributed by atoms with Crippen LogP contribution in [-0.2, 0) is 24.3 Å². The molecular formula is C15H19F2NO5S. The Balaban J connectivity index is 1.94. The number of hydrogen-bond donors (Lipinski definition) is 1. The van der Waals surface area contributed by atoms with Gasteiger partial charge in [-0.2, -0.15) is 0 Å². The van der Waals surface area contributed by atoms with Crippen molar-refractivity contribution in [2.45, 2.75) is 43.3 Å². The number of halogens is 2. The molecule has 1 aliphatic rings. The summed E-state index contributed by atoms with van der Waals surface area (Å²) in [5, 5.41) is 0. The number of benzene rings is 1. The number of carbonyl (C=O) groups is 1. The summed E-state index contributed by atoms with van der Waals surface area (Å²) in [7, 11) is -4.45. The molecule has 1 aliphatic heterocycles. The molecule has 0 radical (unpaired) electrons. The minimum atomic E-state index is -4.45. The van der Waals surface area contributed by atoms with Gasteiger partial charge in [-0.3, -0.25) is 4.79 Å². The second-order valence-electron chi connectivity index (χ2n) is 5.51. The highest BCUT2D eigenvalue weighted by atomic mass is 32.2. The van der Waals surface area contributed by atoms with E-state index < -0.39 is 38.6 Å². The predicted octanol–water partition coefficient (Wildman–Crippen LogP) is 1.74. The first-order valence-corrected chi connectivity index (χ1v) is 9.03. The van der Waals surface area contributed by atoms with Crippen LogP contribution in [-0.4, -0.2) is 39.7 Å². The number of nitrogens with one attached hydrogen (secondary N) is 1. The van der Waals surface area contributed by atoms with Gasteiger partial charge in [0.05, 0.1) is 12.7 Å². The second-order valence-corrected chi connectivity index (χ2v) is 7.16. The lowest BCUT2D eigenvalue weighted by molar-refractivity contribution is -0.133. The molecule has 1 saturated heterocycles. The molecule has 1 aromatic rings. The third kappa shape index (κ3) is 4.96. The monoisotopic (exact) mass is 363 g/mol. The molecule has 1 aromatic carbocycles. The molecular weight excluding hydrogens is 344 g/mol. The van der Waals surface area contributed by atoms with Crippen LogP contribution in [0.15, 0.2) is 23.1 Å². The summed E-state index contributed by atoms with van der Waals surface area (Å²) in [5.41, 5.74) is 0. The molecule has 0 unspecified atom stereocenters. The number of ether oxygens (including phenoxy) is 2. The minimum absolute atomic E-state index is 0.125. The first-order valence-electron chi connectivity index (χ1n) is 7.54. The van der Waals surface area contributed by atoms with Gasteiger partial charge in [0.2, 0.25) is 0 Å². The molecule has 9 heteroatoms. The first-order chi connectivity index (χ1) is 11.3. The number of rotatable bonds is 6. The molecule has 1 amide bonds. The van der Waals surface area contributed by atoms with Crippen molar-refractivity contribution in [2.24, 2.45) is 0 Å². The van der Waals surface area contributed by atoms with E-state index in [0.717, 1.165) is 31.4 Å². The second kappa shape index (κ2) is 8.00. The summed E-state index contributed by atoms with van der Waals surface area (Å²) in [6.07, 6.45) is 1.61. The third-order valence-electron chi connectivity index (χ3n) is 3.59. The van der Waals surface area contributed by atoms with E-state index in [9.17, 15) is 22.0 Å². The average Bonchev–Trinajstić information content (AvgIpc) is 2.52. The molecule has 2 rings (SSSR count). The van der Waals surface area contributed by atoms with Gasteiger partial charge in [-0.15, -0.1) is 0 Å². The Morgan fingerprint density at radius 1 is 1.42 bits per heavy atom. The van der Waals surface area contributed by atoms with Crippen molar-refractivity contribution in [1.82, 2.24) is 4.72 Å². The fourth-order valence-corrected chi connectivity index (χ4v) is 3.33. The van der Waals surface area contributed by atoms with Gasteiger partial charge in [0.1, 0.15) is 22.6 Å². The Labute approximate surface area is 139 Å². The topological polar surface area (TPSA) is 81.7 Å². The van der Waals surface area contributed by atoms with Crippen molar-refractivity contribution in [3.8, 4) is 0 Å². The molecule has 1 N–H and O–H groups in total. The molecule has 2 atom stereocenters. The fourth-order valence-electron chi connectivity index (χ4n) is 2.23. The zero-order valence-corrected chi connectivity index (χ0v) is 13.9. The molecule has 1 fully saturated rings. The fraction of sp³-hybridized carbons (Fsp3) is 0.533. The normalized spacial score (nSPS) is 19.7. The summed E-state index contributed by atoms with van der Waals surface area (Å²) in [6, 6.07) is 1.98. The van der Waals surface area contributed by atoms with Crippen LogP contribution in [0, 0.1) is 11.6 Å². The Morgan fingerprint density at radius 3 is 2.79 bits per heavy atom. The maximum absolute atomic E-state index is 13.6. The maximum Gasteiger partial charge on any atom is 0.267 e. The van der Waals surface area contributed by atoms with Gasteiger partial charge in [-0.25, -0.2) is 21.9 Å². The molecule has 1 heterocycles. The van der Waals surface area contributed by atoms with Crippen molar-refractivity contribution in [3.05, 3.63) is 29.8 Å². The lowest BCUT2D eigenvalue weighted by atomic mass is 10.1. The Hall–Kier alpha value is -1.58. The average molecular weight is 363 g/mol. The highest BCUT2D eigenvalue weighted by Gasteiger charge is 2.26. The van der Waals surface area contributed by atoms with Crippen molar-refractivity contribution in [3.63, 3.8) is 0 Å².